The fourth-order valence-electron chi connectivity index (χ4n) is 3.02. The molecule has 2 rings (SSSR count). The van der Waals surface area contributed by atoms with E-state index in [4.69, 9.17) is 5.11 Å². The minimum Gasteiger partial charge on any atom is -0.481 e. The van der Waals surface area contributed by atoms with Gasteiger partial charge in [0.25, 0.3) is 0 Å². The summed E-state index contributed by atoms with van der Waals surface area (Å²) in [5.41, 5.74) is 1.06. The summed E-state index contributed by atoms with van der Waals surface area (Å²) in [6.45, 7) is 0. The Kier molecular flexibility index (Phi) is 3.80. The van der Waals surface area contributed by atoms with Crippen LogP contribution in [-0.4, -0.2) is 16.9 Å². The lowest BCUT2D eigenvalue weighted by Crippen LogP contribution is -2.26. The van der Waals surface area contributed by atoms with Crippen LogP contribution < -0.4 is 0 Å². The van der Waals surface area contributed by atoms with Gasteiger partial charge in [-0.25, -0.2) is 0 Å². The molecule has 0 spiro atoms. The molecule has 1 aliphatic rings. The van der Waals surface area contributed by atoms with Gasteiger partial charge in [0.05, 0.1) is 0 Å². The van der Waals surface area contributed by atoms with E-state index in [0.717, 1.165) is 25.7 Å². The largest absolute Gasteiger partial charge is 0.481 e. The third kappa shape index (κ3) is 2.78. The first kappa shape index (κ1) is 12.8. The maximum atomic E-state index is 11.8. The van der Waals surface area contributed by atoms with Crippen molar-refractivity contribution in [3.05, 3.63) is 35.9 Å². The third-order valence-electron chi connectivity index (χ3n) is 3.83. The molecule has 0 saturated heterocycles. The molecule has 0 bridgehead atoms. The van der Waals surface area contributed by atoms with Gasteiger partial charge in [0.2, 0.25) is 0 Å². The van der Waals surface area contributed by atoms with E-state index in [2.05, 4.69) is 12.1 Å². The van der Waals surface area contributed by atoms with Gasteiger partial charge in [0.15, 0.2) is 0 Å². The van der Waals surface area contributed by atoms with Crippen LogP contribution in [0.25, 0.3) is 0 Å². The zero-order valence-electron chi connectivity index (χ0n) is 10.4. The molecule has 3 nitrogen and oxygen atoms in total. The lowest BCUT2D eigenvalue weighted by atomic mass is 9.74. The summed E-state index contributed by atoms with van der Waals surface area (Å²) in [5, 5.41) is 8.69. The Labute approximate surface area is 107 Å². The van der Waals surface area contributed by atoms with Gasteiger partial charge in [-0.05, 0) is 18.4 Å². The third-order valence-corrected chi connectivity index (χ3v) is 3.83. The van der Waals surface area contributed by atoms with Crippen molar-refractivity contribution in [1.82, 2.24) is 0 Å². The lowest BCUT2D eigenvalue weighted by Gasteiger charge is -2.28. The van der Waals surface area contributed by atoms with E-state index < -0.39 is 5.97 Å². The Balaban J connectivity index is 2.18. The molecular formula is C15H18O3. The molecule has 0 atom stereocenters. The van der Waals surface area contributed by atoms with Crippen molar-refractivity contribution in [3.8, 4) is 0 Å². The van der Waals surface area contributed by atoms with E-state index >= 15 is 0 Å². The van der Waals surface area contributed by atoms with Crippen molar-refractivity contribution >= 4 is 11.8 Å². The van der Waals surface area contributed by atoms with Crippen LogP contribution in [0.3, 0.4) is 0 Å². The molecule has 18 heavy (non-hydrogen) atoms. The lowest BCUT2D eigenvalue weighted by molar-refractivity contribution is -0.140. The van der Waals surface area contributed by atoms with Crippen molar-refractivity contribution < 1.29 is 14.7 Å². The van der Waals surface area contributed by atoms with Crippen LogP contribution in [0.5, 0.6) is 0 Å². The van der Waals surface area contributed by atoms with Gasteiger partial charge in [-0.15, -0.1) is 0 Å². The number of carboxylic acids is 1. The van der Waals surface area contributed by atoms with Gasteiger partial charge >= 0.3 is 5.97 Å². The average molecular weight is 246 g/mol. The normalized spacial score (nSPS) is 17.6. The van der Waals surface area contributed by atoms with Crippen LogP contribution in [0.1, 0.15) is 44.1 Å². The van der Waals surface area contributed by atoms with Gasteiger partial charge < -0.3 is 5.11 Å². The Morgan fingerprint density at radius 3 is 2.28 bits per heavy atom. The summed E-state index contributed by atoms with van der Waals surface area (Å²) in [5.74, 6) is -1.19. The van der Waals surface area contributed by atoms with Gasteiger partial charge in [-0.2, -0.15) is 0 Å². The summed E-state index contributed by atoms with van der Waals surface area (Å²) in [6, 6.07) is 10.0. The second kappa shape index (κ2) is 5.34. The van der Waals surface area contributed by atoms with Crippen LogP contribution in [-0.2, 0) is 15.0 Å². The van der Waals surface area contributed by atoms with E-state index in [-0.39, 0.29) is 17.6 Å². The molecule has 1 N–H and O–H groups in total. The number of Topliss-reactive ketones (excluding diaryl/α,β-unsaturated/α-hetero) is 1. The van der Waals surface area contributed by atoms with Gasteiger partial charge in [-0.1, -0.05) is 43.2 Å². The minimum absolute atomic E-state index is 0.117. The molecule has 96 valence electrons. The van der Waals surface area contributed by atoms with E-state index in [1.807, 2.05) is 18.2 Å². The number of carboxylic acid groups (broad SMARTS) is 1. The van der Waals surface area contributed by atoms with Crippen LogP contribution in [0.15, 0.2) is 30.3 Å². The van der Waals surface area contributed by atoms with Gasteiger partial charge in [-0.3, -0.25) is 9.59 Å². The number of aliphatic carboxylic acids is 1. The first-order chi connectivity index (χ1) is 8.62. The Bertz CT molecular complexity index is 430. The van der Waals surface area contributed by atoms with Crippen molar-refractivity contribution in [1.29, 1.82) is 0 Å². The van der Waals surface area contributed by atoms with Crippen molar-refractivity contribution in [2.45, 2.75) is 43.9 Å². The minimum atomic E-state index is -1.03. The Hall–Kier alpha value is -1.64. The molecule has 1 aromatic carbocycles. The topological polar surface area (TPSA) is 54.4 Å². The summed E-state index contributed by atoms with van der Waals surface area (Å²) in [7, 11) is 0. The summed E-state index contributed by atoms with van der Waals surface area (Å²) in [6.07, 6.45) is 4.23. The van der Waals surface area contributed by atoms with E-state index in [1.165, 1.54) is 5.56 Å². The van der Waals surface area contributed by atoms with Crippen molar-refractivity contribution in [2.75, 3.05) is 0 Å². The van der Waals surface area contributed by atoms with Crippen molar-refractivity contribution in [3.63, 3.8) is 0 Å². The number of hydrogen-bond donors (Lipinski definition) is 1. The molecule has 1 saturated carbocycles. The van der Waals surface area contributed by atoms with Crippen LogP contribution in [0, 0.1) is 0 Å². The van der Waals surface area contributed by atoms with Crippen LogP contribution in [0.4, 0.5) is 0 Å². The Morgan fingerprint density at radius 2 is 1.72 bits per heavy atom. The molecule has 1 fully saturated rings. The highest BCUT2D eigenvalue weighted by Crippen LogP contribution is 2.44. The number of rotatable bonds is 5. The highest BCUT2D eigenvalue weighted by molar-refractivity contribution is 5.95. The number of carbonyl (C=O) groups excluding carboxylic acids is 1. The first-order valence-electron chi connectivity index (χ1n) is 6.41. The zero-order valence-corrected chi connectivity index (χ0v) is 10.4. The molecule has 3 heteroatoms. The predicted molar refractivity (Wildman–Crippen MR) is 68.5 cm³/mol. The summed E-state index contributed by atoms with van der Waals surface area (Å²) >= 11 is 0. The highest BCUT2D eigenvalue weighted by atomic mass is 16.4. The van der Waals surface area contributed by atoms with Crippen molar-refractivity contribution in [2.24, 2.45) is 0 Å². The smallest absolute Gasteiger partial charge is 0.310 e. The van der Waals surface area contributed by atoms with Crippen LogP contribution >= 0.6 is 0 Å². The molecule has 0 amide bonds. The average Bonchev–Trinajstić information content (AvgIpc) is 2.79. The number of benzene rings is 1. The van der Waals surface area contributed by atoms with Gasteiger partial charge in [0, 0.05) is 11.8 Å². The quantitative estimate of drug-likeness (QED) is 0.813. The molecule has 1 aromatic rings. The predicted octanol–water partition coefficient (Wildman–Crippen LogP) is 2.93. The SMILES string of the molecule is O=C(O)CC(=O)CC1(c2ccccc2)CCCC1. The van der Waals surface area contributed by atoms with E-state index in [1.54, 1.807) is 0 Å². The van der Waals surface area contributed by atoms with E-state index in [0.29, 0.717) is 6.42 Å². The summed E-state index contributed by atoms with van der Waals surface area (Å²) < 4.78 is 0. The fourth-order valence-corrected chi connectivity index (χ4v) is 3.02. The summed E-state index contributed by atoms with van der Waals surface area (Å²) in [4.78, 5) is 22.4. The van der Waals surface area contributed by atoms with E-state index in [9.17, 15) is 9.59 Å². The van der Waals surface area contributed by atoms with Crippen LogP contribution in [0.2, 0.25) is 0 Å². The fraction of sp³-hybridized carbons (Fsp3) is 0.467. The second-order valence-electron chi connectivity index (χ2n) is 5.14. The second-order valence-corrected chi connectivity index (χ2v) is 5.14. The molecule has 0 aromatic heterocycles. The molecule has 0 unspecified atom stereocenters. The Morgan fingerprint density at radius 1 is 1.11 bits per heavy atom. The maximum Gasteiger partial charge on any atom is 0.310 e. The molecule has 1 aliphatic carbocycles. The molecule has 0 aliphatic heterocycles. The zero-order chi connectivity index (χ0) is 13.0. The number of carbonyl (C=O) groups is 2. The first-order valence-corrected chi connectivity index (χ1v) is 6.41. The molecule has 0 heterocycles. The highest BCUT2D eigenvalue weighted by Gasteiger charge is 2.37. The monoisotopic (exact) mass is 246 g/mol. The van der Waals surface area contributed by atoms with Gasteiger partial charge in [0.1, 0.15) is 12.2 Å². The molecule has 0 radical (unpaired) electrons. The number of hydrogen-bond acceptors (Lipinski definition) is 2. The molecular weight excluding hydrogens is 228 g/mol. The standard InChI is InChI=1S/C15H18O3/c16-13(10-14(17)18)11-15(8-4-5-9-15)12-6-2-1-3-7-12/h1-3,6-7H,4-5,8-11H2,(H,17,18). The maximum absolute atomic E-state index is 11.8. The number of ketones is 1.